The van der Waals surface area contributed by atoms with Crippen LogP contribution in [0.2, 0.25) is 0 Å². The first-order valence-electron chi connectivity index (χ1n) is 8.35. The number of rotatable bonds is 3. The highest BCUT2D eigenvalue weighted by Gasteiger charge is 2.15. The van der Waals surface area contributed by atoms with Crippen molar-refractivity contribution in [1.29, 1.82) is 5.26 Å². The lowest BCUT2D eigenvalue weighted by Gasteiger charge is -2.11. The van der Waals surface area contributed by atoms with Gasteiger partial charge in [0.05, 0.1) is 27.8 Å². The van der Waals surface area contributed by atoms with Gasteiger partial charge in [-0.2, -0.15) is 10.4 Å². The second-order valence-corrected chi connectivity index (χ2v) is 6.17. The number of carbonyl (C=O) groups is 1. The van der Waals surface area contributed by atoms with Crippen LogP contribution < -0.4 is 10.9 Å². The number of carbonyl (C=O) groups excluding carboxylic acids is 1. The van der Waals surface area contributed by atoms with Crippen molar-refractivity contribution >= 4 is 28.1 Å². The molecule has 0 atom stereocenters. The molecule has 2 aromatic carbocycles. The molecular weight excluding hydrogens is 342 g/mol. The van der Waals surface area contributed by atoms with Gasteiger partial charge in [-0.1, -0.05) is 24.3 Å². The monoisotopic (exact) mass is 357 g/mol. The number of aromatic nitrogens is 3. The van der Waals surface area contributed by atoms with E-state index in [0.29, 0.717) is 27.8 Å². The summed E-state index contributed by atoms with van der Waals surface area (Å²) in [7, 11) is 0. The van der Waals surface area contributed by atoms with Crippen LogP contribution in [-0.4, -0.2) is 20.1 Å². The second kappa shape index (κ2) is 6.42. The van der Waals surface area contributed by atoms with E-state index in [2.05, 4.69) is 10.4 Å². The molecular formula is C20H15N5O2. The van der Waals surface area contributed by atoms with Crippen LogP contribution in [0.15, 0.2) is 59.4 Å². The van der Waals surface area contributed by atoms with Gasteiger partial charge in [-0.15, -0.1) is 0 Å². The van der Waals surface area contributed by atoms with Crippen molar-refractivity contribution < 1.29 is 4.79 Å². The highest BCUT2D eigenvalue weighted by Crippen LogP contribution is 2.16. The Balaban J connectivity index is 1.79. The summed E-state index contributed by atoms with van der Waals surface area (Å²) in [6, 6.07) is 17.7. The fourth-order valence-electron chi connectivity index (χ4n) is 3.12. The van der Waals surface area contributed by atoms with Crippen molar-refractivity contribution in [2.24, 2.45) is 0 Å². The zero-order valence-corrected chi connectivity index (χ0v) is 14.5. The number of nitriles is 1. The number of nitrogens with zero attached hydrogens (tertiary/aromatic N) is 4. The van der Waals surface area contributed by atoms with Gasteiger partial charge in [0, 0.05) is 6.07 Å². The zero-order valence-electron chi connectivity index (χ0n) is 14.5. The number of para-hydroxylation sites is 2. The first-order valence-corrected chi connectivity index (χ1v) is 8.35. The van der Waals surface area contributed by atoms with E-state index in [9.17, 15) is 9.59 Å². The van der Waals surface area contributed by atoms with Gasteiger partial charge in [0.15, 0.2) is 0 Å². The Morgan fingerprint density at radius 2 is 1.93 bits per heavy atom. The summed E-state index contributed by atoms with van der Waals surface area (Å²) < 4.78 is 3.06. The predicted octanol–water partition coefficient (Wildman–Crippen LogP) is 2.47. The van der Waals surface area contributed by atoms with Crippen molar-refractivity contribution in [3.8, 4) is 6.07 Å². The van der Waals surface area contributed by atoms with Crippen molar-refractivity contribution in [3.05, 3.63) is 76.2 Å². The van der Waals surface area contributed by atoms with Crippen LogP contribution in [0.1, 0.15) is 11.3 Å². The summed E-state index contributed by atoms with van der Waals surface area (Å²) in [5.41, 5.74) is 2.50. The molecule has 27 heavy (non-hydrogen) atoms. The highest BCUT2D eigenvalue weighted by atomic mass is 16.2. The van der Waals surface area contributed by atoms with E-state index in [0.717, 1.165) is 5.69 Å². The maximum Gasteiger partial charge on any atom is 0.262 e. The minimum Gasteiger partial charge on any atom is -0.323 e. The maximum absolute atomic E-state index is 13.0. The summed E-state index contributed by atoms with van der Waals surface area (Å²) >= 11 is 0. The molecule has 2 aromatic heterocycles. The first kappa shape index (κ1) is 16.5. The van der Waals surface area contributed by atoms with Gasteiger partial charge in [-0.05, 0) is 31.2 Å². The van der Waals surface area contributed by atoms with E-state index in [1.807, 2.05) is 25.1 Å². The molecule has 1 N–H and O–H groups in total. The van der Waals surface area contributed by atoms with E-state index in [1.54, 1.807) is 47.0 Å². The van der Waals surface area contributed by atoms with Gasteiger partial charge in [0.25, 0.3) is 5.56 Å². The van der Waals surface area contributed by atoms with Crippen LogP contribution in [-0.2, 0) is 11.3 Å². The summed E-state index contributed by atoms with van der Waals surface area (Å²) in [6.07, 6.45) is 0. The second-order valence-electron chi connectivity index (χ2n) is 6.17. The number of anilines is 1. The molecule has 7 heteroatoms. The smallest absolute Gasteiger partial charge is 0.262 e. The van der Waals surface area contributed by atoms with Gasteiger partial charge >= 0.3 is 0 Å². The molecule has 0 spiro atoms. The Hall–Kier alpha value is -3.92. The Bertz CT molecular complexity index is 1290. The standard InChI is InChI=1S/C20H15N5O2/c1-13-10-19-24(12-18(26)22-16-8-4-2-6-14(16)11-21)20(27)15-7-3-5-9-17(15)25(19)23-13/h2-10H,12H2,1H3,(H,22,26). The van der Waals surface area contributed by atoms with E-state index < -0.39 is 5.91 Å². The van der Waals surface area contributed by atoms with E-state index in [-0.39, 0.29) is 12.1 Å². The van der Waals surface area contributed by atoms with E-state index >= 15 is 0 Å². The third kappa shape index (κ3) is 2.83. The topological polar surface area (TPSA) is 92.2 Å². The van der Waals surface area contributed by atoms with Crippen LogP contribution in [0.25, 0.3) is 16.6 Å². The lowest BCUT2D eigenvalue weighted by atomic mass is 10.2. The van der Waals surface area contributed by atoms with Crippen molar-refractivity contribution in [2.45, 2.75) is 13.5 Å². The molecule has 0 saturated heterocycles. The number of nitrogens with one attached hydrogen (secondary N) is 1. The minimum atomic E-state index is -0.393. The Morgan fingerprint density at radius 1 is 1.19 bits per heavy atom. The molecule has 0 aliphatic heterocycles. The Kier molecular flexibility index (Phi) is 3.94. The number of aryl methyl sites for hydroxylation is 1. The lowest BCUT2D eigenvalue weighted by molar-refractivity contribution is -0.116. The predicted molar refractivity (Wildman–Crippen MR) is 101 cm³/mol. The lowest BCUT2D eigenvalue weighted by Crippen LogP contribution is -2.29. The quantitative estimate of drug-likeness (QED) is 0.610. The molecule has 0 saturated carbocycles. The molecule has 0 unspecified atom stereocenters. The third-order valence-electron chi connectivity index (χ3n) is 4.32. The number of benzene rings is 2. The number of amides is 1. The largest absolute Gasteiger partial charge is 0.323 e. The van der Waals surface area contributed by atoms with Gasteiger partial charge in [-0.25, -0.2) is 4.52 Å². The van der Waals surface area contributed by atoms with Crippen LogP contribution in [0.4, 0.5) is 5.69 Å². The van der Waals surface area contributed by atoms with E-state index in [1.165, 1.54) is 4.57 Å². The summed E-state index contributed by atoms with van der Waals surface area (Å²) in [4.78, 5) is 25.5. The van der Waals surface area contributed by atoms with Crippen molar-refractivity contribution in [1.82, 2.24) is 14.2 Å². The third-order valence-corrected chi connectivity index (χ3v) is 4.32. The van der Waals surface area contributed by atoms with Gasteiger partial charge < -0.3 is 5.32 Å². The zero-order chi connectivity index (χ0) is 19.0. The highest BCUT2D eigenvalue weighted by molar-refractivity contribution is 5.92. The van der Waals surface area contributed by atoms with E-state index in [4.69, 9.17) is 5.26 Å². The fraction of sp³-hybridized carbons (Fsp3) is 0.100. The molecule has 0 radical (unpaired) electrons. The molecule has 0 bridgehead atoms. The molecule has 0 fully saturated rings. The van der Waals surface area contributed by atoms with Crippen molar-refractivity contribution in [3.63, 3.8) is 0 Å². The molecule has 2 heterocycles. The molecule has 7 nitrogen and oxygen atoms in total. The number of fused-ring (bicyclic) bond motifs is 3. The van der Waals surface area contributed by atoms with Crippen LogP contribution >= 0.6 is 0 Å². The average Bonchev–Trinajstić information content (AvgIpc) is 3.07. The number of hydrogen-bond donors (Lipinski definition) is 1. The van der Waals surface area contributed by atoms with Gasteiger partial charge in [-0.3, -0.25) is 14.2 Å². The van der Waals surface area contributed by atoms with Gasteiger partial charge in [0.2, 0.25) is 5.91 Å². The maximum atomic E-state index is 13.0. The molecule has 1 amide bonds. The van der Waals surface area contributed by atoms with Crippen LogP contribution in [0.5, 0.6) is 0 Å². The minimum absolute atomic E-state index is 0.182. The SMILES string of the molecule is Cc1cc2n(CC(=O)Nc3ccccc3C#N)c(=O)c3ccccc3n2n1. The molecule has 4 aromatic rings. The molecule has 0 aliphatic rings. The number of hydrogen-bond acceptors (Lipinski definition) is 4. The summed E-state index contributed by atoms with van der Waals surface area (Å²) in [5.74, 6) is -0.393. The molecule has 0 aliphatic carbocycles. The Labute approximate surface area is 154 Å². The normalized spacial score (nSPS) is 10.8. The van der Waals surface area contributed by atoms with Crippen molar-refractivity contribution in [2.75, 3.05) is 5.32 Å². The molecule has 132 valence electrons. The van der Waals surface area contributed by atoms with Crippen LogP contribution in [0, 0.1) is 18.3 Å². The van der Waals surface area contributed by atoms with Crippen LogP contribution in [0.3, 0.4) is 0 Å². The molecule has 4 rings (SSSR count). The fourth-order valence-corrected chi connectivity index (χ4v) is 3.12. The summed E-state index contributed by atoms with van der Waals surface area (Å²) in [6.45, 7) is 1.65. The average molecular weight is 357 g/mol. The Morgan fingerprint density at radius 3 is 2.74 bits per heavy atom. The summed E-state index contributed by atoms with van der Waals surface area (Å²) in [5, 5.41) is 16.8. The first-order chi connectivity index (χ1) is 13.1. The van der Waals surface area contributed by atoms with Gasteiger partial charge in [0.1, 0.15) is 18.3 Å².